The minimum absolute atomic E-state index is 0.163. The Balaban J connectivity index is 2.82. The molecular formula is C10H18ClN3O. The zero-order valence-corrected chi connectivity index (χ0v) is 10.3. The molecule has 0 aromatic carbocycles. The molecule has 0 bridgehead atoms. The van der Waals surface area contributed by atoms with Gasteiger partial charge in [0.25, 0.3) is 0 Å². The largest absolute Gasteiger partial charge is 0.395 e. The van der Waals surface area contributed by atoms with Gasteiger partial charge in [-0.1, -0.05) is 18.5 Å². The van der Waals surface area contributed by atoms with Crippen molar-refractivity contribution in [1.29, 1.82) is 0 Å². The number of hydrogen-bond acceptors (Lipinski definition) is 3. The van der Waals surface area contributed by atoms with Gasteiger partial charge in [0, 0.05) is 25.7 Å². The molecule has 0 aliphatic heterocycles. The van der Waals surface area contributed by atoms with Crippen LogP contribution >= 0.6 is 11.6 Å². The average molecular weight is 232 g/mol. The molecule has 1 rings (SSSR count). The van der Waals surface area contributed by atoms with Gasteiger partial charge in [0.15, 0.2) is 0 Å². The maximum Gasteiger partial charge on any atom is 0.131 e. The second-order valence-electron chi connectivity index (χ2n) is 3.65. The fraction of sp³-hybridized carbons (Fsp3) is 0.700. The number of likely N-dealkylation sites (N-methyl/N-ethyl adjacent to an activating group) is 1. The summed E-state index contributed by atoms with van der Waals surface area (Å²) in [4.78, 5) is 2.03. The maximum atomic E-state index is 8.82. The Kier molecular flexibility index (Phi) is 4.57. The van der Waals surface area contributed by atoms with Crippen LogP contribution in [0.25, 0.3) is 0 Å². The predicted octanol–water partition coefficient (Wildman–Crippen LogP) is 1.06. The van der Waals surface area contributed by atoms with Crippen LogP contribution in [0.2, 0.25) is 5.15 Å². The third-order valence-corrected chi connectivity index (χ3v) is 2.87. The van der Waals surface area contributed by atoms with E-state index in [-0.39, 0.29) is 6.61 Å². The SMILES string of the molecule is CCc1nn(C)c(Cl)c1CN(C)CCO. The van der Waals surface area contributed by atoms with Crippen molar-refractivity contribution in [3.63, 3.8) is 0 Å². The first-order valence-electron chi connectivity index (χ1n) is 5.09. The van der Waals surface area contributed by atoms with Crippen LogP contribution in [0.15, 0.2) is 0 Å². The van der Waals surface area contributed by atoms with Gasteiger partial charge < -0.3 is 5.11 Å². The van der Waals surface area contributed by atoms with E-state index in [1.54, 1.807) is 4.68 Å². The van der Waals surface area contributed by atoms with Gasteiger partial charge in [-0.25, -0.2) is 0 Å². The lowest BCUT2D eigenvalue weighted by molar-refractivity contribution is 0.217. The molecule has 0 saturated carbocycles. The van der Waals surface area contributed by atoms with Crippen LogP contribution in [0.1, 0.15) is 18.2 Å². The number of halogens is 1. The summed E-state index contributed by atoms with van der Waals surface area (Å²) in [5.41, 5.74) is 2.10. The second-order valence-corrected chi connectivity index (χ2v) is 4.01. The van der Waals surface area contributed by atoms with E-state index in [1.165, 1.54) is 0 Å². The van der Waals surface area contributed by atoms with Crippen LogP contribution < -0.4 is 0 Å². The van der Waals surface area contributed by atoms with Crippen LogP contribution in [-0.4, -0.2) is 40.0 Å². The van der Waals surface area contributed by atoms with Gasteiger partial charge in [0.1, 0.15) is 5.15 Å². The Morgan fingerprint density at radius 2 is 2.20 bits per heavy atom. The second kappa shape index (κ2) is 5.49. The van der Waals surface area contributed by atoms with Gasteiger partial charge in [-0.15, -0.1) is 0 Å². The highest BCUT2D eigenvalue weighted by Gasteiger charge is 2.14. The normalized spacial score (nSPS) is 11.3. The minimum Gasteiger partial charge on any atom is -0.395 e. The summed E-state index contributed by atoms with van der Waals surface area (Å²) in [6.45, 7) is 3.61. The molecule has 0 fully saturated rings. The van der Waals surface area contributed by atoms with E-state index >= 15 is 0 Å². The lowest BCUT2D eigenvalue weighted by atomic mass is 10.2. The quantitative estimate of drug-likeness (QED) is 0.824. The highest BCUT2D eigenvalue weighted by atomic mass is 35.5. The molecular weight excluding hydrogens is 214 g/mol. The van der Waals surface area contributed by atoms with Crippen molar-refractivity contribution in [3.8, 4) is 0 Å². The molecule has 0 unspecified atom stereocenters. The number of nitrogens with zero attached hydrogens (tertiary/aromatic N) is 3. The first-order valence-corrected chi connectivity index (χ1v) is 5.47. The fourth-order valence-electron chi connectivity index (χ4n) is 1.56. The van der Waals surface area contributed by atoms with E-state index in [4.69, 9.17) is 16.7 Å². The van der Waals surface area contributed by atoms with Crippen molar-refractivity contribution in [2.45, 2.75) is 19.9 Å². The molecule has 4 nitrogen and oxygen atoms in total. The van der Waals surface area contributed by atoms with Crippen LogP contribution in [0.3, 0.4) is 0 Å². The molecule has 0 saturated heterocycles. The minimum atomic E-state index is 0.163. The molecule has 5 heteroatoms. The first kappa shape index (κ1) is 12.5. The summed E-state index contributed by atoms with van der Waals surface area (Å²) in [5.74, 6) is 0. The van der Waals surface area contributed by atoms with Crippen molar-refractivity contribution < 1.29 is 5.11 Å². The molecule has 86 valence electrons. The third kappa shape index (κ3) is 2.93. The van der Waals surface area contributed by atoms with E-state index in [9.17, 15) is 0 Å². The Morgan fingerprint density at radius 1 is 1.53 bits per heavy atom. The predicted molar refractivity (Wildman–Crippen MR) is 61.0 cm³/mol. The van der Waals surface area contributed by atoms with Gasteiger partial charge in [0.2, 0.25) is 0 Å². The number of aromatic nitrogens is 2. The van der Waals surface area contributed by atoms with Crippen molar-refractivity contribution in [2.24, 2.45) is 7.05 Å². The highest BCUT2D eigenvalue weighted by molar-refractivity contribution is 6.30. The molecule has 0 atom stereocenters. The number of aliphatic hydroxyl groups is 1. The van der Waals surface area contributed by atoms with Crippen LogP contribution in [0.4, 0.5) is 0 Å². The van der Waals surface area contributed by atoms with Crippen LogP contribution in [-0.2, 0) is 20.0 Å². The Labute approximate surface area is 95.5 Å². The van der Waals surface area contributed by atoms with E-state index in [1.807, 2.05) is 19.0 Å². The summed E-state index contributed by atoms with van der Waals surface area (Å²) in [7, 11) is 3.80. The fourth-order valence-corrected chi connectivity index (χ4v) is 1.77. The van der Waals surface area contributed by atoms with Crippen molar-refractivity contribution >= 4 is 11.6 Å². The Bertz CT molecular complexity index is 325. The topological polar surface area (TPSA) is 41.3 Å². The monoisotopic (exact) mass is 231 g/mol. The zero-order valence-electron chi connectivity index (χ0n) is 9.50. The Hall–Kier alpha value is -0.580. The molecule has 1 heterocycles. The summed E-state index contributed by atoms with van der Waals surface area (Å²) in [6, 6.07) is 0. The maximum absolute atomic E-state index is 8.82. The summed E-state index contributed by atoms with van der Waals surface area (Å²) >= 11 is 6.15. The molecule has 1 N–H and O–H groups in total. The van der Waals surface area contributed by atoms with Crippen molar-refractivity contribution in [3.05, 3.63) is 16.4 Å². The van der Waals surface area contributed by atoms with E-state index in [0.29, 0.717) is 11.7 Å². The van der Waals surface area contributed by atoms with Gasteiger partial charge in [-0.2, -0.15) is 5.10 Å². The lowest BCUT2D eigenvalue weighted by Gasteiger charge is -2.14. The molecule has 1 aromatic rings. The molecule has 0 aliphatic carbocycles. The number of hydrogen-bond donors (Lipinski definition) is 1. The van der Waals surface area contributed by atoms with Gasteiger partial charge in [-0.3, -0.25) is 9.58 Å². The van der Waals surface area contributed by atoms with Crippen molar-refractivity contribution in [2.75, 3.05) is 20.2 Å². The average Bonchev–Trinajstić information content (AvgIpc) is 2.46. The van der Waals surface area contributed by atoms with E-state index in [2.05, 4.69) is 12.0 Å². The number of rotatable bonds is 5. The van der Waals surface area contributed by atoms with Crippen molar-refractivity contribution in [1.82, 2.24) is 14.7 Å². The number of aryl methyl sites for hydroxylation is 2. The zero-order chi connectivity index (χ0) is 11.4. The molecule has 1 aromatic heterocycles. The summed E-state index contributed by atoms with van der Waals surface area (Å²) in [6.07, 6.45) is 0.878. The molecule has 0 spiro atoms. The van der Waals surface area contributed by atoms with Gasteiger partial charge in [0.05, 0.1) is 12.3 Å². The third-order valence-electron chi connectivity index (χ3n) is 2.40. The number of aliphatic hydroxyl groups excluding tert-OH is 1. The molecule has 15 heavy (non-hydrogen) atoms. The van der Waals surface area contributed by atoms with E-state index in [0.717, 1.165) is 24.2 Å². The van der Waals surface area contributed by atoms with Gasteiger partial charge >= 0.3 is 0 Å². The Morgan fingerprint density at radius 3 is 2.73 bits per heavy atom. The lowest BCUT2D eigenvalue weighted by Crippen LogP contribution is -2.22. The van der Waals surface area contributed by atoms with Crippen LogP contribution in [0, 0.1) is 0 Å². The van der Waals surface area contributed by atoms with Gasteiger partial charge in [-0.05, 0) is 13.5 Å². The first-order chi connectivity index (χ1) is 7.10. The summed E-state index contributed by atoms with van der Waals surface area (Å²) < 4.78 is 1.70. The molecule has 0 aliphatic rings. The highest BCUT2D eigenvalue weighted by Crippen LogP contribution is 2.20. The smallest absolute Gasteiger partial charge is 0.131 e. The summed E-state index contributed by atoms with van der Waals surface area (Å²) in [5, 5.41) is 13.8. The standard InChI is InChI=1S/C10H18ClN3O/c1-4-9-8(7-13(2)5-6-15)10(11)14(3)12-9/h15H,4-7H2,1-3H3. The van der Waals surface area contributed by atoms with Crippen LogP contribution in [0.5, 0.6) is 0 Å². The molecule has 0 amide bonds. The molecule has 0 radical (unpaired) electrons. The van der Waals surface area contributed by atoms with E-state index < -0.39 is 0 Å².